The number of nitrogens with one attached hydrogen (secondary N) is 1. The van der Waals surface area contributed by atoms with E-state index >= 15 is 0 Å². The quantitative estimate of drug-likeness (QED) is 0.301. The molecule has 10 nitrogen and oxygen atoms in total. The number of fused-ring (bicyclic) bond motifs is 1. The first-order chi connectivity index (χ1) is 17.5. The molecule has 0 aliphatic carbocycles. The third-order valence-corrected chi connectivity index (χ3v) is 5.76. The standard InChI is InChI=1S/C26H29N9O/c1-33(2)10-4-12-36-21-9-11-35-24(17-28-26(35)13-21)22-14-25(30-18-29-22)27-15-19-5-7-20(8-6-19)23-16-31-34(3)32-23/h5-9,11,13-14,16-18H,4,10,12,15H2,1-3H3,(H,27,29,30). The minimum Gasteiger partial charge on any atom is -0.493 e. The van der Waals surface area contributed by atoms with Crippen LogP contribution in [0.4, 0.5) is 5.82 Å². The molecule has 0 saturated heterocycles. The fourth-order valence-corrected chi connectivity index (χ4v) is 3.87. The minimum atomic E-state index is 0.638. The van der Waals surface area contributed by atoms with E-state index in [1.54, 1.807) is 17.3 Å². The average molecular weight is 484 g/mol. The number of nitrogens with zero attached hydrogens (tertiary/aromatic N) is 8. The van der Waals surface area contributed by atoms with E-state index in [2.05, 4.69) is 61.6 Å². The van der Waals surface area contributed by atoms with E-state index in [0.717, 1.165) is 58.4 Å². The predicted molar refractivity (Wildman–Crippen MR) is 139 cm³/mol. The molecule has 10 heteroatoms. The van der Waals surface area contributed by atoms with Crippen LogP contribution in [0.2, 0.25) is 0 Å². The summed E-state index contributed by atoms with van der Waals surface area (Å²) >= 11 is 0. The molecule has 1 N–H and O–H groups in total. The van der Waals surface area contributed by atoms with Crippen LogP contribution in [0.25, 0.3) is 28.3 Å². The average Bonchev–Trinajstić information content (AvgIpc) is 3.52. The molecule has 1 aromatic carbocycles. The Labute approximate surface area is 209 Å². The van der Waals surface area contributed by atoms with Gasteiger partial charge in [-0.15, -0.1) is 0 Å². The van der Waals surface area contributed by atoms with Crippen LogP contribution in [-0.4, -0.2) is 66.5 Å². The molecule has 0 aliphatic rings. The fourth-order valence-electron chi connectivity index (χ4n) is 3.87. The van der Waals surface area contributed by atoms with E-state index in [-0.39, 0.29) is 0 Å². The monoisotopic (exact) mass is 483 g/mol. The largest absolute Gasteiger partial charge is 0.493 e. The molecule has 4 aromatic heterocycles. The normalized spacial score (nSPS) is 11.3. The molecule has 184 valence electrons. The maximum Gasteiger partial charge on any atom is 0.140 e. The van der Waals surface area contributed by atoms with Crippen molar-refractivity contribution in [3.05, 3.63) is 72.9 Å². The van der Waals surface area contributed by atoms with Crippen molar-refractivity contribution in [2.75, 3.05) is 32.6 Å². The van der Waals surface area contributed by atoms with E-state index < -0.39 is 0 Å². The lowest BCUT2D eigenvalue weighted by Gasteiger charge is -2.11. The van der Waals surface area contributed by atoms with Gasteiger partial charge in [0.25, 0.3) is 0 Å². The van der Waals surface area contributed by atoms with Gasteiger partial charge in [-0.05, 0) is 32.1 Å². The summed E-state index contributed by atoms with van der Waals surface area (Å²) < 4.78 is 7.89. The van der Waals surface area contributed by atoms with Gasteiger partial charge in [-0.1, -0.05) is 24.3 Å². The lowest BCUT2D eigenvalue weighted by Crippen LogP contribution is -2.15. The summed E-state index contributed by atoms with van der Waals surface area (Å²) in [5, 5.41) is 11.9. The highest BCUT2D eigenvalue weighted by atomic mass is 16.5. The number of aryl methyl sites for hydroxylation is 1. The smallest absolute Gasteiger partial charge is 0.140 e. The molecule has 0 aliphatic heterocycles. The highest BCUT2D eigenvalue weighted by molar-refractivity contribution is 5.63. The molecule has 5 aromatic rings. The molecule has 0 atom stereocenters. The fraction of sp³-hybridized carbons (Fsp3) is 0.269. The highest BCUT2D eigenvalue weighted by Gasteiger charge is 2.10. The summed E-state index contributed by atoms with van der Waals surface area (Å²) in [7, 11) is 5.93. The molecule has 0 bridgehead atoms. The van der Waals surface area contributed by atoms with Crippen molar-refractivity contribution in [2.45, 2.75) is 13.0 Å². The van der Waals surface area contributed by atoms with Gasteiger partial charge in [0.15, 0.2) is 0 Å². The number of aromatic nitrogens is 7. The maximum atomic E-state index is 5.88. The lowest BCUT2D eigenvalue weighted by molar-refractivity contribution is 0.281. The number of anilines is 1. The zero-order chi connectivity index (χ0) is 24.9. The second-order valence-electron chi connectivity index (χ2n) is 8.80. The number of hydrogen-bond donors (Lipinski definition) is 1. The molecular weight excluding hydrogens is 454 g/mol. The number of hydrogen-bond acceptors (Lipinski definition) is 8. The van der Waals surface area contributed by atoms with Crippen molar-refractivity contribution < 1.29 is 4.74 Å². The van der Waals surface area contributed by atoms with Crippen LogP contribution in [0.3, 0.4) is 0 Å². The van der Waals surface area contributed by atoms with Gasteiger partial charge in [-0.2, -0.15) is 15.0 Å². The Bertz CT molecular complexity index is 1440. The Kier molecular flexibility index (Phi) is 6.85. The van der Waals surface area contributed by atoms with Crippen molar-refractivity contribution in [3.8, 4) is 28.4 Å². The van der Waals surface area contributed by atoms with Gasteiger partial charge in [-0.3, -0.25) is 4.40 Å². The first-order valence-corrected chi connectivity index (χ1v) is 11.8. The number of pyridine rings is 1. The van der Waals surface area contributed by atoms with Gasteiger partial charge in [0, 0.05) is 44.0 Å². The summed E-state index contributed by atoms with van der Waals surface area (Å²) in [4.78, 5) is 17.1. The first kappa shape index (κ1) is 23.4. The van der Waals surface area contributed by atoms with Gasteiger partial charge in [-0.25, -0.2) is 15.0 Å². The maximum absolute atomic E-state index is 5.88. The third kappa shape index (κ3) is 5.49. The molecule has 36 heavy (non-hydrogen) atoms. The summed E-state index contributed by atoms with van der Waals surface area (Å²) in [6.45, 7) is 2.30. The van der Waals surface area contributed by atoms with Crippen molar-refractivity contribution in [3.63, 3.8) is 0 Å². The Morgan fingerprint density at radius 3 is 2.61 bits per heavy atom. The van der Waals surface area contributed by atoms with Gasteiger partial charge in [0.2, 0.25) is 0 Å². The van der Waals surface area contributed by atoms with Gasteiger partial charge in [0.05, 0.1) is 30.4 Å². The summed E-state index contributed by atoms with van der Waals surface area (Å²) in [6.07, 6.45) is 8.09. The van der Waals surface area contributed by atoms with Crippen LogP contribution in [0.5, 0.6) is 5.75 Å². The number of rotatable bonds is 10. The van der Waals surface area contributed by atoms with Crippen LogP contribution < -0.4 is 10.1 Å². The summed E-state index contributed by atoms with van der Waals surface area (Å²) in [6, 6.07) is 14.1. The Hall–Kier alpha value is -4.31. The second kappa shape index (κ2) is 10.5. The molecule has 5 rings (SSSR count). The second-order valence-corrected chi connectivity index (χ2v) is 8.80. The first-order valence-electron chi connectivity index (χ1n) is 11.8. The number of imidazole rings is 1. The predicted octanol–water partition coefficient (Wildman–Crippen LogP) is 3.53. The van der Waals surface area contributed by atoms with Gasteiger partial charge >= 0.3 is 0 Å². The van der Waals surface area contributed by atoms with E-state index in [4.69, 9.17) is 4.74 Å². The third-order valence-electron chi connectivity index (χ3n) is 5.76. The van der Waals surface area contributed by atoms with Crippen LogP contribution in [0, 0.1) is 0 Å². The molecule has 0 amide bonds. The van der Waals surface area contributed by atoms with E-state index in [9.17, 15) is 0 Å². The van der Waals surface area contributed by atoms with E-state index in [0.29, 0.717) is 13.2 Å². The van der Waals surface area contributed by atoms with Crippen LogP contribution in [0.1, 0.15) is 12.0 Å². The SMILES string of the molecule is CN(C)CCCOc1ccn2c(-c3cc(NCc4ccc(-c5cnn(C)n5)cc4)ncn3)cnc2c1. The zero-order valence-corrected chi connectivity index (χ0v) is 20.7. The molecule has 0 unspecified atom stereocenters. The minimum absolute atomic E-state index is 0.638. The Morgan fingerprint density at radius 2 is 1.83 bits per heavy atom. The molecule has 0 radical (unpaired) electrons. The summed E-state index contributed by atoms with van der Waals surface area (Å²) in [5.41, 5.74) is 5.52. The van der Waals surface area contributed by atoms with E-state index in [1.165, 1.54) is 0 Å². The molecular formula is C26H29N9O. The molecule has 0 fully saturated rings. The van der Waals surface area contributed by atoms with Crippen LogP contribution in [-0.2, 0) is 13.6 Å². The summed E-state index contributed by atoms with van der Waals surface area (Å²) in [5.74, 6) is 1.56. The van der Waals surface area contributed by atoms with Gasteiger partial charge < -0.3 is 15.0 Å². The lowest BCUT2D eigenvalue weighted by atomic mass is 10.1. The van der Waals surface area contributed by atoms with Gasteiger partial charge in [0.1, 0.15) is 29.2 Å². The molecule has 4 heterocycles. The highest BCUT2D eigenvalue weighted by Crippen LogP contribution is 2.23. The molecule has 0 spiro atoms. The Balaban J connectivity index is 1.24. The number of benzene rings is 1. The van der Waals surface area contributed by atoms with E-state index in [1.807, 2.05) is 54.2 Å². The van der Waals surface area contributed by atoms with Crippen LogP contribution in [0.15, 0.2) is 67.4 Å². The van der Waals surface area contributed by atoms with Crippen molar-refractivity contribution >= 4 is 11.5 Å². The zero-order valence-electron chi connectivity index (χ0n) is 20.7. The molecule has 0 saturated carbocycles. The van der Waals surface area contributed by atoms with Crippen molar-refractivity contribution in [1.29, 1.82) is 0 Å². The Morgan fingerprint density at radius 1 is 0.972 bits per heavy atom. The number of ether oxygens (including phenoxy) is 1. The van der Waals surface area contributed by atoms with Crippen molar-refractivity contribution in [1.82, 2.24) is 39.2 Å². The van der Waals surface area contributed by atoms with Crippen molar-refractivity contribution in [2.24, 2.45) is 7.05 Å². The topological polar surface area (TPSA) is 98.3 Å². The van der Waals surface area contributed by atoms with Crippen LogP contribution >= 0.6 is 0 Å².